The summed E-state index contributed by atoms with van der Waals surface area (Å²) in [6.07, 6.45) is 6.10. The summed E-state index contributed by atoms with van der Waals surface area (Å²) < 4.78 is 2.10. The Bertz CT molecular complexity index is 353. The first kappa shape index (κ1) is 9.33. The van der Waals surface area contributed by atoms with E-state index >= 15 is 0 Å². The Morgan fingerprint density at radius 2 is 2.20 bits per heavy atom. The van der Waals surface area contributed by atoms with Crippen LogP contribution in [0.2, 0.25) is 0 Å². The van der Waals surface area contributed by atoms with Gasteiger partial charge in [-0.05, 0) is 31.7 Å². The topological polar surface area (TPSA) is 56.7 Å². The number of nitrogens with two attached hydrogens (primary N) is 1. The minimum Gasteiger partial charge on any atom is -0.330 e. The molecule has 2 aliphatic rings. The van der Waals surface area contributed by atoms with Gasteiger partial charge in [0.15, 0.2) is 5.82 Å². The van der Waals surface area contributed by atoms with Crippen molar-refractivity contribution in [1.29, 1.82) is 0 Å². The van der Waals surface area contributed by atoms with Crippen LogP contribution < -0.4 is 5.73 Å². The van der Waals surface area contributed by atoms with Crippen molar-refractivity contribution in [2.45, 2.75) is 44.6 Å². The molecule has 0 amide bonds. The molecule has 1 aliphatic carbocycles. The van der Waals surface area contributed by atoms with Crippen molar-refractivity contribution in [1.82, 2.24) is 14.8 Å². The van der Waals surface area contributed by atoms with Gasteiger partial charge in [-0.2, -0.15) is 5.10 Å². The number of aromatic nitrogens is 3. The quantitative estimate of drug-likeness (QED) is 0.787. The molecule has 1 aromatic heterocycles. The average molecular weight is 206 g/mol. The lowest BCUT2D eigenvalue weighted by atomic mass is 9.85. The van der Waals surface area contributed by atoms with Gasteiger partial charge in [-0.25, -0.2) is 9.67 Å². The van der Waals surface area contributed by atoms with Crippen molar-refractivity contribution in [2.75, 3.05) is 6.54 Å². The van der Waals surface area contributed by atoms with E-state index < -0.39 is 0 Å². The molecular weight excluding hydrogens is 188 g/mol. The van der Waals surface area contributed by atoms with Crippen molar-refractivity contribution in [2.24, 2.45) is 11.7 Å². The largest absolute Gasteiger partial charge is 0.330 e. The highest BCUT2D eigenvalue weighted by Gasteiger charge is 2.27. The zero-order chi connectivity index (χ0) is 10.3. The molecule has 0 spiro atoms. The number of nitrogens with zero attached hydrogens (tertiary/aromatic N) is 3. The van der Waals surface area contributed by atoms with Gasteiger partial charge < -0.3 is 5.73 Å². The molecule has 1 unspecified atom stereocenters. The van der Waals surface area contributed by atoms with Crippen LogP contribution in [-0.4, -0.2) is 21.3 Å². The van der Waals surface area contributed by atoms with Crippen LogP contribution in [0.25, 0.3) is 0 Å². The van der Waals surface area contributed by atoms with Gasteiger partial charge in [0.05, 0.1) is 0 Å². The third-order valence-corrected chi connectivity index (χ3v) is 3.79. The van der Waals surface area contributed by atoms with Crippen LogP contribution in [0.1, 0.15) is 43.3 Å². The molecular formula is C11H18N4. The lowest BCUT2D eigenvalue weighted by molar-refractivity contribution is 0.365. The Morgan fingerprint density at radius 3 is 2.87 bits per heavy atom. The van der Waals surface area contributed by atoms with Gasteiger partial charge in [-0.15, -0.1) is 0 Å². The molecule has 1 aromatic rings. The molecule has 82 valence electrons. The fraction of sp³-hybridized carbons (Fsp3) is 0.818. The van der Waals surface area contributed by atoms with Gasteiger partial charge in [0.1, 0.15) is 5.82 Å². The summed E-state index contributed by atoms with van der Waals surface area (Å²) >= 11 is 0. The first-order valence-electron chi connectivity index (χ1n) is 6.00. The molecule has 0 saturated heterocycles. The van der Waals surface area contributed by atoms with Gasteiger partial charge in [0.25, 0.3) is 0 Å². The van der Waals surface area contributed by atoms with E-state index in [0.29, 0.717) is 11.8 Å². The monoisotopic (exact) mass is 206 g/mol. The third-order valence-electron chi connectivity index (χ3n) is 3.79. The lowest BCUT2D eigenvalue weighted by Gasteiger charge is -2.21. The van der Waals surface area contributed by atoms with Crippen molar-refractivity contribution in [3.05, 3.63) is 11.6 Å². The second kappa shape index (κ2) is 3.59. The van der Waals surface area contributed by atoms with Crippen molar-refractivity contribution in [3.63, 3.8) is 0 Å². The van der Waals surface area contributed by atoms with Crippen LogP contribution in [-0.2, 0) is 13.0 Å². The summed E-state index contributed by atoms with van der Waals surface area (Å²) in [7, 11) is 0. The summed E-state index contributed by atoms with van der Waals surface area (Å²) in [6, 6.07) is 0. The summed E-state index contributed by atoms with van der Waals surface area (Å²) in [5.74, 6) is 3.53. The van der Waals surface area contributed by atoms with Gasteiger partial charge in [0, 0.05) is 18.9 Å². The van der Waals surface area contributed by atoms with E-state index in [-0.39, 0.29) is 0 Å². The van der Waals surface area contributed by atoms with Crippen LogP contribution in [0.4, 0.5) is 0 Å². The standard InChI is InChI=1S/C11H18N4/c12-7-8-4-5-15-10(6-8)13-11(14-15)9-2-1-3-9/h8-9H,1-7,12H2. The summed E-state index contributed by atoms with van der Waals surface area (Å²) in [5.41, 5.74) is 5.71. The fourth-order valence-corrected chi connectivity index (χ4v) is 2.43. The SMILES string of the molecule is NCC1CCn2nc(C3CCC3)nc2C1. The molecule has 2 heterocycles. The average Bonchev–Trinajstić information content (AvgIpc) is 2.56. The van der Waals surface area contributed by atoms with Crippen molar-refractivity contribution >= 4 is 0 Å². The minimum absolute atomic E-state index is 0.621. The highest BCUT2D eigenvalue weighted by molar-refractivity contribution is 5.05. The first-order chi connectivity index (χ1) is 7.36. The van der Waals surface area contributed by atoms with Crippen LogP contribution >= 0.6 is 0 Å². The van der Waals surface area contributed by atoms with E-state index in [2.05, 4.69) is 14.8 Å². The Hall–Kier alpha value is -0.900. The van der Waals surface area contributed by atoms with Crippen LogP contribution in [0.15, 0.2) is 0 Å². The molecule has 1 fully saturated rings. The van der Waals surface area contributed by atoms with E-state index in [9.17, 15) is 0 Å². The number of hydrogen-bond donors (Lipinski definition) is 1. The highest BCUT2D eigenvalue weighted by Crippen LogP contribution is 2.35. The second-order valence-corrected chi connectivity index (χ2v) is 4.83. The number of aryl methyl sites for hydroxylation is 1. The van der Waals surface area contributed by atoms with Crippen LogP contribution in [0.3, 0.4) is 0 Å². The summed E-state index contributed by atoms with van der Waals surface area (Å²) in [5, 5.41) is 4.61. The Labute approximate surface area is 89.9 Å². The van der Waals surface area contributed by atoms with E-state index in [1.165, 1.54) is 25.1 Å². The molecule has 2 N–H and O–H groups in total. The van der Waals surface area contributed by atoms with Gasteiger partial charge in [0.2, 0.25) is 0 Å². The summed E-state index contributed by atoms with van der Waals surface area (Å²) in [6.45, 7) is 1.79. The molecule has 4 nitrogen and oxygen atoms in total. The van der Waals surface area contributed by atoms with Crippen LogP contribution in [0.5, 0.6) is 0 Å². The maximum atomic E-state index is 5.71. The molecule has 1 saturated carbocycles. The van der Waals surface area contributed by atoms with Gasteiger partial charge in [-0.3, -0.25) is 0 Å². The first-order valence-corrected chi connectivity index (χ1v) is 6.00. The van der Waals surface area contributed by atoms with E-state index in [1.807, 2.05) is 0 Å². The minimum atomic E-state index is 0.621. The molecule has 1 atom stereocenters. The van der Waals surface area contributed by atoms with Crippen molar-refractivity contribution in [3.8, 4) is 0 Å². The van der Waals surface area contributed by atoms with E-state index in [0.717, 1.165) is 31.8 Å². The molecule has 1 aliphatic heterocycles. The smallest absolute Gasteiger partial charge is 0.154 e. The number of fused-ring (bicyclic) bond motifs is 1. The second-order valence-electron chi connectivity index (χ2n) is 4.83. The predicted octanol–water partition coefficient (Wildman–Crippen LogP) is 1.07. The van der Waals surface area contributed by atoms with Crippen LogP contribution in [0, 0.1) is 5.92 Å². The molecule has 0 radical (unpaired) electrons. The third kappa shape index (κ3) is 1.57. The lowest BCUT2D eigenvalue weighted by Crippen LogP contribution is -2.26. The Kier molecular flexibility index (Phi) is 2.24. The maximum absolute atomic E-state index is 5.71. The molecule has 4 heteroatoms. The fourth-order valence-electron chi connectivity index (χ4n) is 2.43. The normalized spacial score (nSPS) is 26.1. The predicted molar refractivity (Wildman–Crippen MR) is 57.5 cm³/mol. The van der Waals surface area contributed by atoms with Gasteiger partial charge >= 0.3 is 0 Å². The Morgan fingerprint density at radius 1 is 1.33 bits per heavy atom. The zero-order valence-electron chi connectivity index (χ0n) is 9.02. The summed E-state index contributed by atoms with van der Waals surface area (Å²) in [4.78, 5) is 4.67. The van der Waals surface area contributed by atoms with E-state index in [4.69, 9.17) is 5.73 Å². The Balaban J connectivity index is 1.81. The van der Waals surface area contributed by atoms with Crippen molar-refractivity contribution < 1.29 is 0 Å². The zero-order valence-corrected chi connectivity index (χ0v) is 9.02. The molecule has 3 rings (SSSR count). The molecule has 0 bridgehead atoms. The van der Waals surface area contributed by atoms with Gasteiger partial charge in [-0.1, -0.05) is 6.42 Å². The number of rotatable bonds is 2. The maximum Gasteiger partial charge on any atom is 0.154 e. The molecule has 15 heavy (non-hydrogen) atoms. The number of hydrogen-bond acceptors (Lipinski definition) is 3. The van der Waals surface area contributed by atoms with E-state index in [1.54, 1.807) is 0 Å². The molecule has 0 aromatic carbocycles. The highest BCUT2D eigenvalue weighted by atomic mass is 15.4.